The molecule has 1 heterocycles. The number of hydrogen-bond acceptors (Lipinski definition) is 5. The minimum Gasteiger partial charge on any atom is -0.444 e. The van der Waals surface area contributed by atoms with Crippen LogP contribution in [0.2, 0.25) is 0 Å². The lowest BCUT2D eigenvalue weighted by atomic mass is 10.2. The van der Waals surface area contributed by atoms with Crippen LogP contribution in [0, 0.1) is 0 Å². The summed E-state index contributed by atoms with van der Waals surface area (Å²) in [5, 5.41) is 8.99. The quantitative estimate of drug-likeness (QED) is 0.792. The van der Waals surface area contributed by atoms with Crippen LogP contribution in [0.5, 0.6) is 0 Å². The first-order valence-corrected chi connectivity index (χ1v) is 5.47. The summed E-state index contributed by atoms with van der Waals surface area (Å²) in [7, 11) is 0. The number of nitrogens with zero attached hydrogens (tertiary/aromatic N) is 1. The molecule has 18 heavy (non-hydrogen) atoms. The molecule has 1 aromatic rings. The second kappa shape index (κ2) is 5.50. The van der Waals surface area contributed by atoms with E-state index in [-0.39, 0.29) is 13.3 Å². The number of aliphatic hydroxyl groups is 1. The maximum absolute atomic E-state index is 11.7. The minimum atomic E-state index is -0.965. The largest absolute Gasteiger partial charge is 0.444 e. The lowest BCUT2D eigenvalue weighted by molar-refractivity contribution is -0.139. The highest BCUT2D eigenvalue weighted by Gasteiger charge is 2.38. The minimum absolute atomic E-state index is 0.114. The van der Waals surface area contributed by atoms with Crippen molar-refractivity contribution in [3.05, 3.63) is 35.9 Å². The van der Waals surface area contributed by atoms with Gasteiger partial charge < -0.3 is 14.6 Å². The molecule has 1 aromatic carbocycles. The Kier molecular flexibility index (Phi) is 3.78. The lowest BCUT2D eigenvalue weighted by Crippen LogP contribution is -2.40. The van der Waals surface area contributed by atoms with Crippen LogP contribution in [0.4, 0.5) is 4.79 Å². The smallest absolute Gasteiger partial charge is 0.413 e. The van der Waals surface area contributed by atoms with Gasteiger partial charge in [0.15, 0.2) is 12.8 Å². The van der Waals surface area contributed by atoms with E-state index in [1.807, 2.05) is 30.3 Å². The van der Waals surface area contributed by atoms with Crippen LogP contribution in [0.15, 0.2) is 30.3 Å². The number of rotatable bonds is 3. The molecule has 1 fully saturated rings. The van der Waals surface area contributed by atoms with E-state index >= 15 is 0 Å². The van der Waals surface area contributed by atoms with Gasteiger partial charge in [-0.2, -0.15) is 0 Å². The summed E-state index contributed by atoms with van der Waals surface area (Å²) in [6, 6.07) is 8.21. The highest BCUT2D eigenvalue weighted by Crippen LogP contribution is 2.13. The van der Waals surface area contributed by atoms with Crippen molar-refractivity contribution in [1.82, 2.24) is 4.90 Å². The van der Waals surface area contributed by atoms with E-state index in [0.717, 1.165) is 10.5 Å². The van der Waals surface area contributed by atoms with E-state index in [0.29, 0.717) is 0 Å². The van der Waals surface area contributed by atoms with Gasteiger partial charge in [0.25, 0.3) is 0 Å². The van der Waals surface area contributed by atoms with Gasteiger partial charge in [-0.25, -0.2) is 9.59 Å². The molecule has 0 aromatic heterocycles. The topological polar surface area (TPSA) is 76.1 Å². The van der Waals surface area contributed by atoms with E-state index in [1.165, 1.54) is 0 Å². The average Bonchev–Trinajstić information content (AvgIpc) is 2.78. The predicted molar refractivity (Wildman–Crippen MR) is 60.3 cm³/mol. The molecule has 6 nitrogen and oxygen atoms in total. The lowest BCUT2D eigenvalue weighted by Gasteiger charge is -2.17. The van der Waals surface area contributed by atoms with E-state index in [4.69, 9.17) is 9.84 Å². The van der Waals surface area contributed by atoms with Crippen LogP contribution < -0.4 is 0 Å². The summed E-state index contributed by atoms with van der Waals surface area (Å²) < 4.78 is 9.70. The Balaban J connectivity index is 1.90. The molecule has 0 saturated carbocycles. The van der Waals surface area contributed by atoms with Crippen LogP contribution in [0.25, 0.3) is 0 Å². The number of benzene rings is 1. The third-order valence-corrected chi connectivity index (χ3v) is 2.61. The average molecular weight is 251 g/mol. The Labute approximate surface area is 104 Å². The van der Waals surface area contributed by atoms with E-state index in [1.54, 1.807) is 0 Å². The second-order valence-corrected chi connectivity index (χ2v) is 3.80. The van der Waals surface area contributed by atoms with Crippen molar-refractivity contribution in [3.8, 4) is 0 Å². The zero-order valence-corrected chi connectivity index (χ0v) is 9.61. The summed E-state index contributed by atoms with van der Waals surface area (Å²) in [6.07, 6.45) is -0.677. The summed E-state index contributed by atoms with van der Waals surface area (Å²) >= 11 is 0. The second-order valence-electron chi connectivity index (χ2n) is 3.80. The van der Waals surface area contributed by atoms with Gasteiger partial charge in [-0.1, -0.05) is 30.3 Å². The summed E-state index contributed by atoms with van der Waals surface area (Å²) in [6.45, 7) is -0.542. The van der Waals surface area contributed by atoms with Crippen LogP contribution in [0.3, 0.4) is 0 Å². The number of amides is 1. The number of carbonyl (C=O) groups is 2. The number of esters is 1. The predicted octanol–water partition coefficient (Wildman–Crippen LogP) is 0.500. The number of ether oxygens (including phenoxy) is 2. The molecule has 1 aliphatic heterocycles. The van der Waals surface area contributed by atoms with Gasteiger partial charge in [0.2, 0.25) is 0 Å². The molecule has 1 aliphatic rings. The first-order valence-electron chi connectivity index (χ1n) is 5.47. The maximum Gasteiger partial charge on any atom is 0.413 e. The van der Waals surface area contributed by atoms with Crippen LogP contribution >= 0.6 is 0 Å². The van der Waals surface area contributed by atoms with Gasteiger partial charge in [-0.05, 0) is 5.56 Å². The standard InChI is InChI=1S/C12H13NO5/c14-6-10-11(15)18-8-13(10)12(16)17-7-9-4-2-1-3-5-9/h1-5,10,14H,6-8H2/t10-/m0/s1. The molecule has 0 spiro atoms. The third-order valence-electron chi connectivity index (χ3n) is 2.61. The molecule has 1 amide bonds. The van der Waals surface area contributed by atoms with E-state index in [2.05, 4.69) is 4.74 Å². The molecule has 1 atom stereocenters. The van der Waals surface area contributed by atoms with Gasteiger partial charge in [0.05, 0.1) is 6.61 Å². The first kappa shape index (κ1) is 12.4. The van der Waals surface area contributed by atoms with E-state index < -0.39 is 24.7 Å². The first-order chi connectivity index (χ1) is 8.72. The van der Waals surface area contributed by atoms with Gasteiger partial charge in [0.1, 0.15) is 6.61 Å². The van der Waals surface area contributed by atoms with Crippen molar-refractivity contribution < 1.29 is 24.2 Å². The number of hydrogen-bond donors (Lipinski definition) is 1. The zero-order chi connectivity index (χ0) is 13.0. The molecule has 0 bridgehead atoms. The fourth-order valence-corrected chi connectivity index (χ4v) is 1.60. The van der Waals surface area contributed by atoms with Crippen molar-refractivity contribution in [2.24, 2.45) is 0 Å². The Bertz CT molecular complexity index is 433. The van der Waals surface area contributed by atoms with Crippen molar-refractivity contribution in [2.75, 3.05) is 13.3 Å². The molecular formula is C12H13NO5. The maximum atomic E-state index is 11.7. The highest BCUT2D eigenvalue weighted by atomic mass is 16.6. The van der Waals surface area contributed by atoms with Crippen molar-refractivity contribution in [1.29, 1.82) is 0 Å². The SMILES string of the molecule is O=C1OCN(C(=O)OCc2ccccc2)[C@H]1CO. The van der Waals surface area contributed by atoms with Crippen LogP contribution in [-0.2, 0) is 20.9 Å². The normalized spacial score (nSPS) is 18.6. The van der Waals surface area contributed by atoms with Gasteiger partial charge >= 0.3 is 12.1 Å². The molecule has 6 heteroatoms. The van der Waals surface area contributed by atoms with Gasteiger partial charge in [-0.3, -0.25) is 4.90 Å². The molecular weight excluding hydrogens is 238 g/mol. The fraction of sp³-hybridized carbons (Fsp3) is 0.333. The zero-order valence-electron chi connectivity index (χ0n) is 9.61. The van der Waals surface area contributed by atoms with E-state index in [9.17, 15) is 9.59 Å². The van der Waals surface area contributed by atoms with Crippen molar-refractivity contribution in [3.63, 3.8) is 0 Å². The third kappa shape index (κ3) is 2.60. The Hall–Kier alpha value is -2.08. The molecule has 0 unspecified atom stereocenters. The number of carbonyl (C=O) groups excluding carboxylic acids is 2. The molecule has 1 N–H and O–H groups in total. The van der Waals surface area contributed by atoms with Crippen molar-refractivity contribution in [2.45, 2.75) is 12.6 Å². The Morgan fingerprint density at radius 1 is 1.44 bits per heavy atom. The molecule has 0 radical (unpaired) electrons. The fourth-order valence-electron chi connectivity index (χ4n) is 1.60. The molecule has 96 valence electrons. The summed E-state index contributed by atoms with van der Waals surface area (Å²) in [5.74, 6) is -0.617. The van der Waals surface area contributed by atoms with Gasteiger partial charge in [0, 0.05) is 0 Å². The highest BCUT2D eigenvalue weighted by molar-refractivity contribution is 5.83. The molecule has 2 rings (SSSR count). The Morgan fingerprint density at radius 3 is 2.83 bits per heavy atom. The van der Waals surface area contributed by atoms with Crippen LogP contribution in [-0.4, -0.2) is 41.4 Å². The summed E-state index contributed by atoms with van der Waals surface area (Å²) in [4.78, 5) is 23.9. The number of aliphatic hydroxyl groups excluding tert-OH is 1. The molecule has 1 saturated heterocycles. The van der Waals surface area contributed by atoms with Crippen LogP contribution in [0.1, 0.15) is 5.56 Å². The monoisotopic (exact) mass is 251 g/mol. The van der Waals surface area contributed by atoms with Crippen molar-refractivity contribution >= 4 is 12.1 Å². The Morgan fingerprint density at radius 2 is 2.17 bits per heavy atom. The summed E-state index contributed by atoms with van der Waals surface area (Å²) in [5.41, 5.74) is 0.845. The number of cyclic esters (lactones) is 1. The van der Waals surface area contributed by atoms with Gasteiger partial charge in [-0.15, -0.1) is 0 Å². The molecule has 0 aliphatic carbocycles.